The molecule has 0 unspecified atom stereocenters. The SMILES string of the molecule is COc1ccc(N=Cc2nc(-c3ccc(Cl)cc3)n3ccccc23)c(OC)c1. The molecule has 0 saturated heterocycles. The Kier molecular flexibility index (Phi) is 5.00. The number of rotatable bonds is 5. The molecule has 0 aliphatic heterocycles. The molecule has 0 saturated carbocycles. The van der Waals surface area contributed by atoms with Gasteiger partial charge < -0.3 is 9.47 Å². The van der Waals surface area contributed by atoms with Crippen LogP contribution in [0, 0.1) is 0 Å². The second-order valence-corrected chi connectivity index (χ2v) is 6.52. The highest BCUT2D eigenvalue weighted by Crippen LogP contribution is 2.31. The number of fused-ring (bicyclic) bond motifs is 1. The molecule has 28 heavy (non-hydrogen) atoms. The van der Waals surface area contributed by atoms with E-state index in [1.54, 1.807) is 26.5 Å². The molecule has 4 rings (SSSR count). The zero-order chi connectivity index (χ0) is 19.5. The summed E-state index contributed by atoms with van der Waals surface area (Å²) < 4.78 is 12.7. The monoisotopic (exact) mass is 391 g/mol. The van der Waals surface area contributed by atoms with E-state index in [1.165, 1.54) is 0 Å². The minimum atomic E-state index is 0.636. The maximum absolute atomic E-state index is 6.02. The molecule has 6 heteroatoms. The zero-order valence-electron chi connectivity index (χ0n) is 15.5. The summed E-state index contributed by atoms with van der Waals surface area (Å²) in [5.41, 5.74) is 3.41. The molecule has 0 spiro atoms. The van der Waals surface area contributed by atoms with Gasteiger partial charge in [-0.05, 0) is 48.5 Å². The smallest absolute Gasteiger partial charge is 0.148 e. The van der Waals surface area contributed by atoms with Gasteiger partial charge in [0.2, 0.25) is 0 Å². The summed E-state index contributed by atoms with van der Waals surface area (Å²) in [5, 5.41) is 0.693. The fourth-order valence-electron chi connectivity index (χ4n) is 2.98. The van der Waals surface area contributed by atoms with Crippen LogP contribution in [0.3, 0.4) is 0 Å². The van der Waals surface area contributed by atoms with E-state index in [9.17, 15) is 0 Å². The van der Waals surface area contributed by atoms with Crippen molar-refractivity contribution in [3.8, 4) is 22.9 Å². The lowest BCUT2D eigenvalue weighted by atomic mass is 10.2. The number of methoxy groups -OCH3 is 2. The fraction of sp³-hybridized carbons (Fsp3) is 0.0909. The number of ether oxygens (including phenoxy) is 2. The minimum Gasteiger partial charge on any atom is -0.497 e. The molecular weight excluding hydrogens is 374 g/mol. The van der Waals surface area contributed by atoms with Crippen LogP contribution >= 0.6 is 11.6 Å². The van der Waals surface area contributed by atoms with Crippen LogP contribution in [-0.2, 0) is 0 Å². The molecule has 2 aromatic carbocycles. The van der Waals surface area contributed by atoms with Crippen LogP contribution in [0.2, 0.25) is 5.02 Å². The normalized spacial score (nSPS) is 11.2. The van der Waals surface area contributed by atoms with E-state index in [2.05, 4.69) is 4.99 Å². The lowest BCUT2D eigenvalue weighted by Gasteiger charge is -2.06. The van der Waals surface area contributed by atoms with Gasteiger partial charge in [-0.3, -0.25) is 9.39 Å². The van der Waals surface area contributed by atoms with Gasteiger partial charge in [0.25, 0.3) is 0 Å². The van der Waals surface area contributed by atoms with Gasteiger partial charge in [-0.1, -0.05) is 17.7 Å². The number of pyridine rings is 1. The summed E-state index contributed by atoms with van der Waals surface area (Å²) in [5.74, 6) is 2.18. The summed E-state index contributed by atoms with van der Waals surface area (Å²) in [7, 11) is 3.23. The molecule has 2 heterocycles. The van der Waals surface area contributed by atoms with Crippen molar-refractivity contribution in [3.05, 3.63) is 77.6 Å². The van der Waals surface area contributed by atoms with E-state index in [0.717, 1.165) is 22.6 Å². The van der Waals surface area contributed by atoms with Crippen molar-refractivity contribution in [1.82, 2.24) is 9.38 Å². The Morgan fingerprint density at radius 3 is 2.57 bits per heavy atom. The summed E-state index contributed by atoms with van der Waals surface area (Å²) in [4.78, 5) is 9.39. The van der Waals surface area contributed by atoms with Gasteiger partial charge in [0.15, 0.2) is 0 Å². The molecule has 4 aromatic rings. The van der Waals surface area contributed by atoms with Crippen LogP contribution in [0.15, 0.2) is 71.9 Å². The number of aliphatic imine (C=N–C) groups is 1. The van der Waals surface area contributed by atoms with E-state index in [4.69, 9.17) is 26.1 Å². The van der Waals surface area contributed by atoms with Crippen molar-refractivity contribution in [3.63, 3.8) is 0 Å². The lowest BCUT2D eigenvalue weighted by Crippen LogP contribution is -1.88. The number of aromatic nitrogens is 2. The van der Waals surface area contributed by atoms with Crippen LogP contribution in [0.1, 0.15) is 5.69 Å². The number of hydrogen-bond donors (Lipinski definition) is 0. The van der Waals surface area contributed by atoms with Crippen LogP contribution < -0.4 is 9.47 Å². The number of hydrogen-bond acceptors (Lipinski definition) is 4. The Morgan fingerprint density at radius 1 is 1.00 bits per heavy atom. The molecule has 0 atom stereocenters. The number of halogens is 1. The summed E-state index contributed by atoms with van der Waals surface area (Å²) in [6, 6.07) is 19.1. The topological polar surface area (TPSA) is 48.1 Å². The Balaban J connectivity index is 1.78. The first kappa shape index (κ1) is 18.1. The van der Waals surface area contributed by atoms with Crippen molar-refractivity contribution >= 4 is 29.0 Å². The zero-order valence-corrected chi connectivity index (χ0v) is 16.2. The Morgan fingerprint density at radius 2 is 1.82 bits per heavy atom. The van der Waals surface area contributed by atoms with E-state index < -0.39 is 0 Å². The second-order valence-electron chi connectivity index (χ2n) is 6.08. The highest BCUT2D eigenvalue weighted by Gasteiger charge is 2.11. The Hall–Kier alpha value is -3.31. The van der Waals surface area contributed by atoms with Crippen molar-refractivity contribution in [2.75, 3.05) is 14.2 Å². The number of nitrogens with zero attached hydrogens (tertiary/aromatic N) is 3. The largest absolute Gasteiger partial charge is 0.497 e. The van der Waals surface area contributed by atoms with Crippen molar-refractivity contribution in [2.45, 2.75) is 0 Å². The van der Waals surface area contributed by atoms with Gasteiger partial charge in [-0.15, -0.1) is 0 Å². The standard InChI is InChI=1S/C22H18ClN3O2/c1-27-17-10-11-18(21(13-17)28-2)24-14-19-20-5-3-4-12-26(20)22(25-19)15-6-8-16(23)9-7-15/h3-14H,1-2H3. The van der Waals surface area contributed by atoms with Crippen LogP contribution in [0.5, 0.6) is 11.5 Å². The fourth-order valence-corrected chi connectivity index (χ4v) is 3.11. The molecular formula is C22H18ClN3O2. The molecule has 0 radical (unpaired) electrons. The van der Waals surface area contributed by atoms with E-state index in [0.29, 0.717) is 22.2 Å². The molecule has 140 valence electrons. The van der Waals surface area contributed by atoms with Gasteiger partial charge in [-0.2, -0.15) is 0 Å². The Labute approximate surface area is 167 Å². The summed E-state index contributed by atoms with van der Waals surface area (Å²) >= 11 is 6.02. The Bertz CT molecular complexity index is 1150. The first-order valence-electron chi connectivity index (χ1n) is 8.68. The van der Waals surface area contributed by atoms with Gasteiger partial charge >= 0.3 is 0 Å². The maximum Gasteiger partial charge on any atom is 0.148 e. The van der Waals surface area contributed by atoms with Crippen LogP contribution in [0.25, 0.3) is 16.9 Å². The van der Waals surface area contributed by atoms with Crippen LogP contribution in [-0.4, -0.2) is 29.8 Å². The van der Waals surface area contributed by atoms with Crippen molar-refractivity contribution < 1.29 is 9.47 Å². The first-order valence-corrected chi connectivity index (χ1v) is 9.06. The number of imidazole rings is 1. The molecule has 0 fully saturated rings. The van der Waals surface area contributed by atoms with Crippen molar-refractivity contribution in [2.24, 2.45) is 4.99 Å². The maximum atomic E-state index is 6.02. The third-order valence-electron chi connectivity index (χ3n) is 4.39. The molecule has 0 bridgehead atoms. The highest BCUT2D eigenvalue weighted by atomic mass is 35.5. The van der Waals surface area contributed by atoms with E-state index >= 15 is 0 Å². The third kappa shape index (κ3) is 3.44. The molecule has 5 nitrogen and oxygen atoms in total. The lowest BCUT2D eigenvalue weighted by molar-refractivity contribution is 0.395. The third-order valence-corrected chi connectivity index (χ3v) is 4.64. The average molecular weight is 392 g/mol. The summed E-state index contributed by atoms with van der Waals surface area (Å²) in [6.07, 6.45) is 3.73. The molecule has 2 aromatic heterocycles. The molecule has 0 N–H and O–H groups in total. The predicted octanol–water partition coefficient (Wildman–Crippen LogP) is 5.42. The van der Waals surface area contributed by atoms with Gasteiger partial charge in [0, 0.05) is 22.8 Å². The van der Waals surface area contributed by atoms with E-state index in [1.807, 2.05) is 65.2 Å². The first-order chi connectivity index (χ1) is 13.7. The predicted molar refractivity (Wildman–Crippen MR) is 112 cm³/mol. The molecule has 0 amide bonds. The minimum absolute atomic E-state index is 0.636. The summed E-state index contributed by atoms with van der Waals surface area (Å²) in [6.45, 7) is 0. The second kappa shape index (κ2) is 7.74. The molecule has 0 aliphatic rings. The van der Waals surface area contributed by atoms with Gasteiger partial charge in [-0.25, -0.2) is 4.98 Å². The number of benzene rings is 2. The quantitative estimate of drug-likeness (QED) is 0.426. The van der Waals surface area contributed by atoms with Crippen LogP contribution in [0.4, 0.5) is 5.69 Å². The highest BCUT2D eigenvalue weighted by molar-refractivity contribution is 6.30. The molecule has 0 aliphatic carbocycles. The van der Waals surface area contributed by atoms with E-state index in [-0.39, 0.29) is 0 Å². The van der Waals surface area contributed by atoms with Gasteiger partial charge in [0.1, 0.15) is 28.7 Å². The average Bonchev–Trinajstić information content (AvgIpc) is 3.11. The van der Waals surface area contributed by atoms with Gasteiger partial charge in [0.05, 0.1) is 26.0 Å². The van der Waals surface area contributed by atoms with Crippen molar-refractivity contribution in [1.29, 1.82) is 0 Å².